The van der Waals surface area contributed by atoms with E-state index in [1.807, 2.05) is 11.4 Å². The molecule has 0 atom stereocenters. The number of hydrogen-bond acceptors (Lipinski definition) is 4. The zero-order chi connectivity index (χ0) is 12.4. The van der Waals surface area contributed by atoms with Crippen LogP contribution in [0.5, 0.6) is 0 Å². The van der Waals surface area contributed by atoms with Gasteiger partial charge in [-0.3, -0.25) is 9.48 Å². The van der Waals surface area contributed by atoms with Gasteiger partial charge >= 0.3 is 0 Å². The number of halogens is 1. The Morgan fingerprint density at radius 1 is 1.71 bits per heavy atom. The number of rotatable bonds is 2. The number of thiophene rings is 1. The molecule has 0 aliphatic heterocycles. The molecule has 0 spiro atoms. The first-order chi connectivity index (χ1) is 8.13. The van der Waals surface area contributed by atoms with Crippen LogP contribution in [0.15, 0.2) is 22.1 Å². The smallest absolute Gasteiger partial charge is 0.268 e. The van der Waals surface area contributed by atoms with Crippen LogP contribution in [0.4, 0.5) is 5.82 Å². The van der Waals surface area contributed by atoms with Gasteiger partial charge in [0.2, 0.25) is 0 Å². The Hall–Kier alpha value is -1.65. The van der Waals surface area contributed by atoms with E-state index in [-0.39, 0.29) is 5.91 Å². The summed E-state index contributed by atoms with van der Waals surface area (Å²) in [6, 6.07) is 3.77. The fraction of sp³-hybridized carbons (Fsp3) is 0.100. The van der Waals surface area contributed by atoms with Crippen LogP contribution >= 0.6 is 27.3 Å². The lowest BCUT2D eigenvalue weighted by atomic mass is 10.3. The highest BCUT2D eigenvalue weighted by atomic mass is 79.9. The van der Waals surface area contributed by atoms with Gasteiger partial charge in [-0.2, -0.15) is 10.4 Å². The van der Waals surface area contributed by atoms with E-state index in [0.29, 0.717) is 16.3 Å². The molecule has 0 saturated heterocycles. The van der Waals surface area contributed by atoms with Crippen LogP contribution in [0.25, 0.3) is 0 Å². The topological polar surface area (TPSA) is 70.7 Å². The van der Waals surface area contributed by atoms with Gasteiger partial charge in [0.1, 0.15) is 22.3 Å². The largest absolute Gasteiger partial charge is 0.305 e. The fourth-order valence-corrected chi connectivity index (χ4v) is 2.73. The molecule has 5 nitrogen and oxygen atoms in total. The normalized spacial score (nSPS) is 9.94. The minimum atomic E-state index is -0.257. The molecule has 0 saturated carbocycles. The van der Waals surface area contributed by atoms with Crippen molar-refractivity contribution < 1.29 is 4.79 Å². The monoisotopic (exact) mass is 310 g/mol. The Bertz CT molecular complexity index is 610. The molecule has 86 valence electrons. The summed E-state index contributed by atoms with van der Waals surface area (Å²) < 4.78 is 2.19. The Morgan fingerprint density at radius 3 is 3.06 bits per heavy atom. The number of amides is 1. The third kappa shape index (κ3) is 2.23. The minimum absolute atomic E-state index is 0.257. The molecule has 7 heteroatoms. The van der Waals surface area contributed by atoms with Crippen LogP contribution < -0.4 is 5.32 Å². The van der Waals surface area contributed by atoms with Crippen molar-refractivity contribution in [3.05, 3.63) is 32.6 Å². The van der Waals surface area contributed by atoms with E-state index < -0.39 is 0 Å². The SMILES string of the molecule is Cn1ncc(C#N)c1NC(=O)c1sccc1Br. The summed E-state index contributed by atoms with van der Waals surface area (Å²) in [4.78, 5) is 12.5. The van der Waals surface area contributed by atoms with Crippen LogP contribution in [0.1, 0.15) is 15.2 Å². The van der Waals surface area contributed by atoms with Gasteiger partial charge in [0, 0.05) is 11.5 Å². The third-order valence-corrected chi connectivity index (χ3v) is 3.95. The standard InChI is InChI=1S/C10H7BrN4OS/c1-15-9(6(4-12)5-13-15)14-10(16)8-7(11)2-3-17-8/h2-3,5H,1H3,(H,14,16). The van der Waals surface area contributed by atoms with Crippen molar-refractivity contribution in [3.63, 3.8) is 0 Å². The summed E-state index contributed by atoms with van der Waals surface area (Å²) in [5.74, 6) is 0.143. The Morgan fingerprint density at radius 2 is 2.47 bits per heavy atom. The van der Waals surface area contributed by atoms with Crippen molar-refractivity contribution in [3.8, 4) is 6.07 Å². The Labute approximate surface area is 110 Å². The lowest BCUT2D eigenvalue weighted by Crippen LogP contribution is -2.14. The molecule has 2 rings (SSSR count). The second-order valence-corrected chi connectivity index (χ2v) is 4.96. The van der Waals surface area contributed by atoms with E-state index in [2.05, 4.69) is 26.3 Å². The average molecular weight is 311 g/mol. The van der Waals surface area contributed by atoms with E-state index in [1.165, 1.54) is 22.2 Å². The summed E-state index contributed by atoms with van der Waals surface area (Å²) >= 11 is 4.61. The number of aromatic nitrogens is 2. The van der Waals surface area contributed by atoms with Crippen molar-refractivity contribution in [1.82, 2.24) is 9.78 Å². The van der Waals surface area contributed by atoms with Gasteiger partial charge in [-0.05, 0) is 27.4 Å². The van der Waals surface area contributed by atoms with Crippen molar-refractivity contribution >= 4 is 39.0 Å². The van der Waals surface area contributed by atoms with E-state index in [0.717, 1.165) is 4.47 Å². The van der Waals surface area contributed by atoms with Gasteiger partial charge in [-0.15, -0.1) is 11.3 Å². The molecule has 0 aliphatic rings. The third-order valence-electron chi connectivity index (χ3n) is 2.11. The molecule has 0 aliphatic carbocycles. The molecule has 2 heterocycles. The van der Waals surface area contributed by atoms with Crippen LogP contribution in [0.3, 0.4) is 0 Å². The predicted octanol–water partition coefficient (Wildman–Crippen LogP) is 2.37. The first kappa shape index (κ1) is 11.8. The molecule has 1 amide bonds. The van der Waals surface area contributed by atoms with Gasteiger partial charge in [0.15, 0.2) is 0 Å². The Balaban J connectivity index is 2.28. The number of aryl methyl sites for hydroxylation is 1. The lowest BCUT2D eigenvalue weighted by molar-refractivity contribution is 0.102. The fourth-order valence-electron chi connectivity index (χ4n) is 1.29. The zero-order valence-corrected chi connectivity index (χ0v) is 11.2. The minimum Gasteiger partial charge on any atom is -0.305 e. The van der Waals surface area contributed by atoms with Crippen molar-refractivity contribution in [2.75, 3.05) is 5.32 Å². The molecule has 0 aromatic carbocycles. The molecule has 1 N–H and O–H groups in total. The second kappa shape index (κ2) is 4.69. The number of nitrogens with one attached hydrogen (secondary N) is 1. The number of anilines is 1. The lowest BCUT2D eigenvalue weighted by Gasteiger charge is -2.04. The van der Waals surface area contributed by atoms with Gasteiger partial charge in [-0.25, -0.2) is 0 Å². The van der Waals surface area contributed by atoms with Gasteiger partial charge in [-0.1, -0.05) is 0 Å². The maximum atomic E-state index is 11.9. The van der Waals surface area contributed by atoms with Gasteiger partial charge in [0.05, 0.1) is 6.20 Å². The highest BCUT2D eigenvalue weighted by molar-refractivity contribution is 9.10. The highest BCUT2D eigenvalue weighted by Crippen LogP contribution is 2.24. The van der Waals surface area contributed by atoms with Gasteiger partial charge < -0.3 is 5.32 Å². The average Bonchev–Trinajstić information content (AvgIpc) is 2.87. The number of nitriles is 1. The predicted molar refractivity (Wildman–Crippen MR) is 67.9 cm³/mol. The number of carbonyl (C=O) groups excluding carboxylic acids is 1. The van der Waals surface area contributed by atoms with Crippen LogP contribution in [-0.4, -0.2) is 15.7 Å². The summed E-state index contributed by atoms with van der Waals surface area (Å²) in [5.41, 5.74) is 0.341. The molecule has 0 unspecified atom stereocenters. The number of carbonyl (C=O) groups is 1. The molecule has 0 bridgehead atoms. The molecular formula is C10H7BrN4OS. The first-order valence-electron chi connectivity index (χ1n) is 4.60. The summed E-state index contributed by atoms with van der Waals surface area (Å²) in [6.45, 7) is 0. The summed E-state index contributed by atoms with van der Waals surface area (Å²) in [6.07, 6.45) is 1.42. The zero-order valence-electron chi connectivity index (χ0n) is 8.77. The van der Waals surface area contributed by atoms with Crippen molar-refractivity contribution in [1.29, 1.82) is 5.26 Å². The summed E-state index contributed by atoms with van der Waals surface area (Å²) in [5, 5.41) is 17.3. The maximum absolute atomic E-state index is 11.9. The molecular weight excluding hydrogens is 304 g/mol. The number of hydrogen-bond donors (Lipinski definition) is 1. The molecule has 2 aromatic heterocycles. The van der Waals surface area contributed by atoms with Crippen molar-refractivity contribution in [2.24, 2.45) is 7.05 Å². The molecule has 0 radical (unpaired) electrons. The first-order valence-corrected chi connectivity index (χ1v) is 6.27. The second-order valence-electron chi connectivity index (χ2n) is 3.19. The molecule has 17 heavy (non-hydrogen) atoms. The van der Waals surface area contributed by atoms with Crippen LogP contribution in [0.2, 0.25) is 0 Å². The van der Waals surface area contributed by atoms with E-state index in [9.17, 15) is 4.79 Å². The van der Waals surface area contributed by atoms with Crippen LogP contribution in [0, 0.1) is 11.3 Å². The van der Waals surface area contributed by atoms with Crippen LogP contribution in [-0.2, 0) is 7.05 Å². The molecule has 2 aromatic rings. The maximum Gasteiger partial charge on any atom is 0.268 e. The van der Waals surface area contributed by atoms with Gasteiger partial charge in [0.25, 0.3) is 5.91 Å². The Kier molecular flexibility index (Phi) is 3.26. The quantitative estimate of drug-likeness (QED) is 0.925. The van der Waals surface area contributed by atoms with Crippen molar-refractivity contribution in [2.45, 2.75) is 0 Å². The van der Waals surface area contributed by atoms with E-state index in [1.54, 1.807) is 13.1 Å². The molecule has 0 fully saturated rings. The van der Waals surface area contributed by atoms with E-state index >= 15 is 0 Å². The summed E-state index contributed by atoms with van der Waals surface area (Å²) in [7, 11) is 1.67. The van der Waals surface area contributed by atoms with E-state index in [4.69, 9.17) is 5.26 Å². The highest BCUT2D eigenvalue weighted by Gasteiger charge is 2.16. The number of nitrogens with zero attached hydrogens (tertiary/aromatic N) is 3.